The predicted molar refractivity (Wildman–Crippen MR) is 88.5 cm³/mol. The van der Waals surface area contributed by atoms with Gasteiger partial charge < -0.3 is 15.5 Å². The standard InChI is InChI=1S/C16H17N5O5/c22-15(13-3-1-5-17-11-13)18-6-9-20-8-2-4-14(12-20)16(23)19-7-10-26-21(24)25/h1-5,8,11-12H,6-7,9-10H2,(H-,18,19,22,23)/p+1. The fraction of sp³-hybridized carbons (Fsp3) is 0.250. The van der Waals surface area contributed by atoms with Crippen molar-refractivity contribution < 1.29 is 24.1 Å². The second-order valence-electron chi connectivity index (χ2n) is 5.14. The van der Waals surface area contributed by atoms with Gasteiger partial charge in [0.05, 0.1) is 12.1 Å². The third kappa shape index (κ3) is 6.15. The quantitative estimate of drug-likeness (QED) is 0.274. The number of aromatic nitrogens is 2. The summed E-state index contributed by atoms with van der Waals surface area (Å²) in [5.74, 6) is -0.593. The van der Waals surface area contributed by atoms with Crippen molar-refractivity contribution >= 4 is 11.8 Å². The van der Waals surface area contributed by atoms with Gasteiger partial charge in [-0.2, -0.15) is 0 Å². The van der Waals surface area contributed by atoms with E-state index in [2.05, 4.69) is 20.5 Å². The number of carbonyl (C=O) groups is 2. The Morgan fingerprint density at radius 2 is 1.88 bits per heavy atom. The molecular formula is C16H18N5O5+. The number of carbonyl (C=O) groups excluding carboxylic acids is 2. The molecule has 10 heteroatoms. The minimum absolute atomic E-state index is 0.0237. The number of hydrogen-bond donors (Lipinski definition) is 2. The molecule has 0 saturated carbocycles. The minimum atomic E-state index is -0.914. The molecule has 0 unspecified atom stereocenters. The summed E-state index contributed by atoms with van der Waals surface area (Å²) in [6.07, 6.45) is 6.46. The molecule has 0 bridgehead atoms. The van der Waals surface area contributed by atoms with Crippen molar-refractivity contribution in [2.75, 3.05) is 19.7 Å². The molecule has 136 valence electrons. The Balaban J connectivity index is 1.80. The van der Waals surface area contributed by atoms with E-state index in [0.717, 1.165) is 0 Å². The van der Waals surface area contributed by atoms with Crippen molar-refractivity contribution in [1.82, 2.24) is 15.6 Å². The fourth-order valence-corrected chi connectivity index (χ4v) is 2.08. The van der Waals surface area contributed by atoms with Crippen molar-refractivity contribution in [2.24, 2.45) is 0 Å². The highest BCUT2D eigenvalue weighted by atomic mass is 16.9. The lowest BCUT2D eigenvalue weighted by Crippen LogP contribution is -2.41. The van der Waals surface area contributed by atoms with Gasteiger partial charge in [0.25, 0.3) is 16.9 Å². The molecule has 2 rings (SSSR count). The van der Waals surface area contributed by atoms with Gasteiger partial charge in [-0.3, -0.25) is 14.6 Å². The lowest BCUT2D eigenvalue weighted by atomic mass is 10.2. The van der Waals surface area contributed by atoms with E-state index in [4.69, 9.17) is 0 Å². The van der Waals surface area contributed by atoms with Crippen LogP contribution in [0.25, 0.3) is 0 Å². The van der Waals surface area contributed by atoms with Gasteiger partial charge in [0.1, 0.15) is 12.2 Å². The number of pyridine rings is 2. The zero-order valence-corrected chi connectivity index (χ0v) is 13.8. The third-order valence-electron chi connectivity index (χ3n) is 3.28. The van der Waals surface area contributed by atoms with Gasteiger partial charge in [0, 0.05) is 25.0 Å². The first-order valence-corrected chi connectivity index (χ1v) is 7.79. The summed E-state index contributed by atoms with van der Waals surface area (Å²) in [5.41, 5.74) is 0.870. The van der Waals surface area contributed by atoms with Gasteiger partial charge in [-0.05, 0) is 18.2 Å². The SMILES string of the molecule is O=C(NCCO[N+](=O)[O-])c1ccc[n+](CCNC(=O)c2cccnc2)c1. The number of hydrogen-bond acceptors (Lipinski definition) is 6. The Kier molecular flexibility index (Phi) is 6.98. The van der Waals surface area contributed by atoms with Crippen LogP contribution in [0.3, 0.4) is 0 Å². The molecule has 0 radical (unpaired) electrons. The van der Waals surface area contributed by atoms with E-state index in [1.54, 1.807) is 47.4 Å². The first-order valence-electron chi connectivity index (χ1n) is 7.79. The Labute approximate surface area is 148 Å². The van der Waals surface area contributed by atoms with Crippen LogP contribution in [0.4, 0.5) is 0 Å². The summed E-state index contributed by atoms with van der Waals surface area (Å²) in [4.78, 5) is 41.9. The van der Waals surface area contributed by atoms with Crippen molar-refractivity contribution in [3.63, 3.8) is 0 Å². The van der Waals surface area contributed by atoms with Crippen molar-refractivity contribution in [1.29, 1.82) is 0 Å². The molecule has 0 aromatic carbocycles. The number of rotatable bonds is 9. The van der Waals surface area contributed by atoms with Gasteiger partial charge in [0.15, 0.2) is 18.9 Å². The molecule has 2 aromatic heterocycles. The molecule has 2 amide bonds. The van der Waals surface area contributed by atoms with Crippen LogP contribution < -0.4 is 15.2 Å². The summed E-state index contributed by atoms with van der Waals surface area (Å²) in [6.45, 7) is 0.652. The highest BCUT2D eigenvalue weighted by Crippen LogP contribution is 1.96. The summed E-state index contributed by atoms with van der Waals surface area (Å²) in [6, 6.07) is 6.67. The molecule has 0 saturated heterocycles. The van der Waals surface area contributed by atoms with E-state index in [-0.39, 0.29) is 25.0 Å². The van der Waals surface area contributed by atoms with E-state index in [0.29, 0.717) is 24.2 Å². The lowest BCUT2D eigenvalue weighted by Gasteiger charge is -2.05. The molecule has 0 aliphatic heterocycles. The van der Waals surface area contributed by atoms with Gasteiger partial charge >= 0.3 is 0 Å². The first kappa shape index (κ1) is 18.8. The zero-order chi connectivity index (χ0) is 18.8. The number of nitrogens with one attached hydrogen (secondary N) is 2. The van der Waals surface area contributed by atoms with Crippen molar-refractivity contribution in [2.45, 2.75) is 6.54 Å². The normalized spacial score (nSPS) is 10.0. The van der Waals surface area contributed by atoms with Crippen LogP contribution in [0.1, 0.15) is 20.7 Å². The van der Waals surface area contributed by atoms with Crippen LogP contribution in [-0.4, -0.2) is 41.6 Å². The monoisotopic (exact) mass is 360 g/mol. The zero-order valence-electron chi connectivity index (χ0n) is 13.8. The van der Waals surface area contributed by atoms with E-state index < -0.39 is 5.09 Å². The minimum Gasteiger partial charge on any atom is -0.350 e. The second kappa shape index (κ2) is 9.67. The average molecular weight is 360 g/mol. The van der Waals surface area contributed by atoms with E-state index in [1.165, 1.54) is 6.20 Å². The van der Waals surface area contributed by atoms with E-state index in [1.807, 2.05) is 0 Å². The maximum atomic E-state index is 12.0. The van der Waals surface area contributed by atoms with Gasteiger partial charge in [0.2, 0.25) is 0 Å². The molecule has 0 aliphatic rings. The largest absolute Gasteiger partial charge is 0.350 e. The van der Waals surface area contributed by atoms with Crippen LogP contribution in [0.2, 0.25) is 0 Å². The molecule has 10 nitrogen and oxygen atoms in total. The summed E-state index contributed by atoms with van der Waals surface area (Å²) >= 11 is 0. The Morgan fingerprint density at radius 3 is 2.62 bits per heavy atom. The fourth-order valence-electron chi connectivity index (χ4n) is 2.08. The van der Waals surface area contributed by atoms with Crippen LogP contribution in [0.5, 0.6) is 0 Å². The Bertz CT molecular complexity index is 769. The molecule has 0 atom stereocenters. The number of nitrogens with zero attached hydrogens (tertiary/aromatic N) is 3. The highest BCUT2D eigenvalue weighted by Gasteiger charge is 2.11. The molecule has 26 heavy (non-hydrogen) atoms. The molecular weight excluding hydrogens is 342 g/mol. The first-order chi connectivity index (χ1) is 12.6. The molecule has 0 fully saturated rings. The van der Waals surface area contributed by atoms with Crippen molar-refractivity contribution in [3.05, 3.63) is 70.3 Å². The molecule has 2 N–H and O–H groups in total. The van der Waals surface area contributed by atoms with Gasteiger partial charge in [-0.25, -0.2) is 4.57 Å². The van der Waals surface area contributed by atoms with Gasteiger partial charge in [-0.1, -0.05) is 0 Å². The van der Waals surface area contributed by atoms with Crippen LogP contribution >= 0.6 is 0 Å². The Morgan fingerprint density at radius 1 is 1.15 bits per heavy atom. The van der Waals surface area contributed by atoms with E-state index >= 15 is 0 Å². The maximum absolute atomic E-state index is 12.0. The van der Waals surface area contributed by atoms with E-state index in [9.17, 15) is 19.7 Å². The highest BCUT2D eigenvalue weighted by molar-refractivity contribution is 5.94. The summed E-state index contributed by atoms with van der Waals surface area (Å²) in [5, 5.41) is 14.4. The average Bonchev–Trinajstić information content (AvgIpc) is 2.66. The molecule has 0 aliphatic carbocycles. The molecule has 2 heterocycles. The smallest absolute Gasteiger partial charge is 0.294 e. The lowest BCUT2D eigenvalue weighted by molar-refractivity contribution is -0.757. The van der Waals surface area contributed by atoms with Gasteiger partial charge in [-0.15, -0.1) is 10.1 Å². The van der Waals surface area contributed by atoms with Crippen LogP contribution in [0, 0.1) is 10.1 Å². The third-order valence-corrected chi connectivity index (χ3v) is 3.28. The Hall–Kier alpha value is -3.56. The second-order valence-corrected chi connectivity index (χ2v) is 5.14. The number of amides is 2. The van der Waals surface area contributed by atoms with Crippen molar-refractivity contribution in [3.8, 4) is 0 Å². The topological polar surface area (TPSA) is 127 Å². The molecule has 0 spiro atoms. The summed E-state index contributed by atoms with van der Waals surface area (Å²) < 4.78 is 1.76. The van der Waals surface area contributed by atoms with Crippen LogP contribution in [0.15, 0.2) is 49.1 Å². The van der Waals surface area contributed by atoms with Crippen LogP contribution in [-0.2, 0) is 11.4 Å². The molecule has 2 aromatic rings. The predicted octanol–water partition coefficient (Wildman–Crippen LogP) is -0.263. The maximum Gasteiger partial charge on any atom is 0.294 e. The summed E-state index contributed by atoms with van der Waals surface area (Å²) in [7, 11) is 0.